The number of hydrogen-bond acceptors (Lipinski definition) is 6. The van der Waals surface area contributed by atoms with Crippen molar-refractivity contribution in [2.45, 2.75) is 44.5 Å². The van der Waals surface area contributed by atoms with Crippen LogP contribution in [0.1, 0.15) is 47.4 Å². The Morgan fingerprint density at radius 3 is 2.63 bits per heavy atom. The van der Waals surface area contributed by atoms with Gasteiger partial charge in [-0.05, 0) is 61.2 Å². The van der Waals surface area contributed by atoms with Crippen LogP contribution in [-0.2, 0) is 11.3 Å². The number of benzene rings is 2. The summed E-state index contributed by atoms with van der Waals surface area (Å²) in [6.45, 7) is 5.64. The van der Waals surface area contributed by atoms with E-state index in [1.54, 1.807) is 47.0 Å². The molecule has 1 aliphatic heterocycles. The van der Waals surface area contributed by atoms with Crippen LogP contribution < -0.4 is 10.9 Å². The summed E-state index contributed by atoms with van der Waals surface area (Å²) in [5, 5.41) is 4.31. The lowest BCUT2D eigenvalue weighted by atomic mass is 10.1. The van der Waals surface area contributed by atoms with Crippen molar-refractivity contribution in [2.75, 3.05) is 18.9 Å². The number of carbonyl (C=O) groups excluding carboxylic acids is 2. The van der Waals surface area contributed by atoms with E-state index in [4.69, 9.17) is 21.3 Å². The van der Waals surface area contributed by atoms with Crippen LogP contribution in [0.4, 0.5) is 0 Å². The molecule has 1 aliphatic rings. The Labute approximate surface area is 213 Å². The maximum atomic E-state index is 13.4. The van der Waals surface area contributed by atoms with E-state index in [0.717, 1.165) is 12.8 Å². The number of aromatic nitrogens is 2. The van der Waals surface area contributed by atoms with Crippen LogP contribution in [0.2, 0.25) is 5.02 Å². The standard InChI is InChI=1S/C26H28ClN3O4S/c1-16(2)13-28-24(32)18-7-10-21-22(12-18)29-26(30(25(21)33)14-20-4-3-11-34-20)35-15-23(31)17-5-8-19(27)9-6-17/h5-10,12,16,20H,3-4,11,13-15H2,1-2H3,(H,28,32). The van der Waals surface area contributed by atoms with Crippen molar-refractivity contribution >= 4 is 46.0 Å². The highest BCUT2D eigenvalue weighted by atomic mass is 35.5. The first-order valence-corrected chi connectivity index (χ1v) is 13.0. The fourth-order valence-electron chi connectivity index (χ4n) is 3.85. The first-order valence-electron chi connectivity index (χ1n) is 11.7. The average Bonchev–Trinajstić information content (AvgIpc) is 3.36. The zero-order chi connectivity index (χ0) is 24.9. The number of nitrogens with one attached hydrogen (secondary N) is 1. The van der Waals surface area contributed by atoms with Gasteiger partial charge in [0.05, 0.1) is 29.3 Å². The van der Waals surface area contributed by atoms with Crippen LogP contribution >= 0.6 is 23.4 Å². The summed E-state index contributed by atoms with van der Waals surface area (Å²) in [6, 6.07) is 11.6. The summed E-state index contributed by atoms with van der Waals surface area (Å²) in [5.41, 5.74) is 1.20. The molecule has 1 saturated heterocycles. The summed E-state index contributed by atoms with van der Waals surface area (Å²) in [6.07, 6.45) is 1.75. The van der Waals surface area contributed by atoms with Gasteiger partial charge < -0.3 is 10.1 Å². The Balaban J connectivity index is 1.65. The molecule has 1 amide bonds. The smallest absolute Gasteiger partial charge is 0.262 e. The number of carbonyl (C=O) groups is 2. The Bertz CT molecular complexity index is 1280. The summed E-state index contributed by atoms with van der Waals surface area (Å²) >= 11 is 7.14. The van der Waals surface area contributed by atoms with Crippen molar-refractivity contribution in [3.05, 3.63) is 69.0 Å². The normalized spacial score (nSPS) is 15.6. The molecular weight excluding hydrogens is 486 g/mol. The lowest BCUT2D eigenvalue weighted by Gasteiger charge is -2.16. The number of amides is 1. The molecule has 0 radical (unpaired) electrons. The lowest BCUT2D eigenvalue weighted by Crippen LogP contribution is -2.30. The van der Waals surface area contributed by atoms with E-state index >= 15 is 0 Å². The van der Waals surface area contributed by atoms with Crippen LogP contribution in [0, 0.1) is 5.92 Å². The molecular formula is C26H28ClN3O4S. The van der Waals surface area contributed by atoms with Crippen LogP contribution in [0.3, 0.4) is 0 Å². The molecule has 2 heterocycles. The summed E-state index contributed by atoms with van der Waals surface area (Å²) in [5.74, 6) is 0.132. The van der Waals surface area contributed by atoms with E-state index in [1.165, 1.54) is 11.8 Å². The van der Waals surface area contributed by atoms with E-state index in [1.807, 2.05) is 13.8 Å². The number of Topliss-reactive ketones (excluding diaryl/α,β-unsaturated/α-hetero) is 1. The van der Waals surface area contributed by atoms with Gasteiger partial charge in [0, 0.05) is 29.3 Å². The fourth-order valence-corrected chi connectivity index (χ4v) is 4.88. The Morgan fingerprint density at radius 1 is 1.20 bits per heavy atom. The molecule has 0 saturated carbocycles. The fraction of sp³-hybridized carbons (Fsp3) is 0.385. The highest BCUT2D eigenvalue weighted by Crippen LogP contribution is 2.23. The number of rotatable bonds is 9. The first-order chi connectivity index (χ1) is 16.8. The average molecular weight is 514 g/mol. The number of thioether (sulfide) groups is 1. The van der Waals surface area contributed by atoms with Crippen LogP contribution in [0.25, 0.3) is 10.9 Å². The minimum Gasteiger partial charge on any atom is -0.376 e. The van der Waals surface area contributed by atoms with Crippen LogP contribution in [0.15, 0.2) is 52.4 Å². The topological polar surface area (TPSA) is 90.3 Å². The van der Waals surface area contributed by atoms with Crippen molar-refractivity contribution in [3.63, 3.8) is 0 Å². The zero-order valence-electron chi connectivity index (χ0n) is 19.8. The zero-order valence-corrected chi connectivity index (χ0v) is 21.3. The molecule has 1 N–H and O–H groups in total. The minimum atomic E-state index is -0.210. The molecule has 2 aromatic carbocycles. The molecule has 0 spiro atoms. The lowest BCUT2D eigenvalue weighted by molar-refractivity contribution is 0.0937. The predicted octanol–water partition coefficient (Wildman–Crippen LogP) is 4.59. The van der Waals surface area contributed by atoms with Crippen molar-refractivity contribution in [2.24, 2.45) is 5.92 Å². The SMILES string of the molecule is CC(C)CNC(=O)c1ccc2c(=O)n(CC3CCCO3)c(SCC(=O)c3ccc(Cl)cc3)nc2c1. The molecule has 1 atom stereocenters. The summed E-state index contributed by atoms with van der Waals surface area (Å²) in [7, 11) is 0. The molecule has 1 aromatic heterocycles. The molecule has 4 rings (SSSR count). The maximum Gasteiger partial charge on any atom is 0.262 e. The Morgan fingerprint density at radius 2 is 1.94 bits per heavy atom. The van der Waals surface area contributed by atoms with Crippen molar-refractivity contribution in [3.8, 4) is 0 Å². The minimum absolute atomic E-state index is 0.0700. The van der Waals surface area contributed by atoms with Gasteiger partial charge in [-0.25, -0.2) is 4.98 Å². The number of fused-ring (bicyclic) bond motifs is 1. The van der Waals surface area contributed by atoms with Gasteiger partial charge in [-0.15, -0.1) is 0 Å². The van der Waals surface area contributed by atoms with Gasteiger partial charge in [-0.1, -0.05) is 37.2 Å². The van der Waals surface area contributed by atoms with E-state index in [0.29, 0.717) is 57.8 Å². The molecule has 1 fully saturated rings. The maximum absolute atomic E-state index is 13.4. The summed E-state index contributed by atoms with van der Waals surface area (Å²) in [4.78, 5) is 43.5. The van der Waals surface area contributed by atoms with E-state index in [2.05, 4.69) is 5.32 Å². The number of ketones is 1. The predicted molar refractivity (Wildman–Crippen MR) is 139 cm³/mol. The van der Waals surface area contributed by atoms with Gasteiger partial charge in [0.2, 0.25) is 0 Å². The first kappa shape index (κ1) is 25.4. The number of hydrogen-bond donors (Lipinski definition) is 1. The third-order valence-corrected chi connectivity index (χ3v) is 6.99. The van der Waals surface area contributed by atoms with Crippen molar-refractivity contribution < 1.29 is 14.3 Å². The highest BCUT2D eigenvalue weighted by Gasteiger charge is 2.21. The molecule has 9 heteroatoms. The second-order valence-corrected chi connectivity index (χ2v) is 10.4. The van der Waals surface area contributed by atoms with Gasteiger partial charge in [0.15, 0.2) is 10.9 Å². The molecule has 7 nitrogen and oxygen atoms in total. The van der Waals surface area contributed by atoms with E-state index < -0.39 is 0 Å². The second-order valence-electron chi connectivity index (χ2n) is 9.00. The number of nitrogens with zero attached hydrogens (tertiary/aromatic N) is 2. The van der Waals surface area contributed by atoms with Gasteiger partial charge in [-0.3, -0.25) is 19.0 Å². The third kappa shape index (κ3) is 6.31. The molecule has 3 aromatic rings. The molecule has 0 bridgehead atoms. The van der Waals surface area contributed by atoms with E-state index in [-0.39, 0.29) is 29.1 Å². The van der Waals surface area contributed by atoms with Gasteiger partial charge in [-0.2, -0.15) is 0 Å². The van der Waals surface area contributed by atoms with Gasteiger partial charge in [0.25, 0.3) is 11.5 Å². The Hall–Kier alpha value is -2.68. The van der Waals surface area contributed by atoms with Gasteiger partial charge in [0.1, 0.15) is 0 Å². The van der Waals surface area contributed by atoms with Crippen molar-refractivity contribution in [1.82, 2.24) is 14.9 Å². The van der Waals surface area contributed by atoms with Crippen LogP contribution in [0.5, 0.6) is 0 Å². The molecule has 35 heavy (non-hydrogen) atoms. The van der Waals surface area contributed by atoms with Crippen molar-refractivity contribution in [1.29, 1.82) is 0 Å². The highest BCUT2D eigenvalue weighted by molar-refractivity contribution is 7.99. The third-order valence-electron chi connectivity index (χ3n) is 5.76. The van der Waals surface area contributed by atoms with E-state index in [9.17, 15) is 14.4 Å². The Kier molecular flexibility index (Phi) is 8.26. The molecule has 1 unspecified atom stereocenters. The monoisotopic (exact) mass is 513 g/mol. The van der Waals surface area contributed by atoms with Crippen LogP contribution in [-0.4, -0.2) is 46.2 Å². The molecule has 184 valence electrons. The largest absolute Gasteiger partial charge is 0.376 e. The van der Waals surface area contributed by atoms with Gasteiger partial charge >= 0.3 is 0 Å². The molecule has 0 aliphatic carbocycles. The quantitative estimate of drug-likeness (QED) is 0.256. The number of ether oxygens (including phenoxy) is 1. The summed E-state index contributed by atoms with van der Waals surface area (Å²) < 4.78 is 7.35. The number of halogens is 1. The second kappa shape index (κ2) is 11.4.